The van der Waals surface area contributed by atoms with Gasteiger partial charge in [0.1, 0.15) is 6.61 Å². The number of hydrogen-bond donors (Lipinski definition) is 1. The van der Waals surface area contributed by atoms with Crippen molar-refractivity contribution in [2.75, 3.05) is 20.2 Å². The molecule has 1 aromatic heterocycles. The molecule has 0 aromatic carbocycles. The van der Waals surface area contributed by atoms with Crippen LogP contribution in [0.3, 0.4) is 0 Å². The van der Waals surface area contributed by atoms with Crippen molar-refractivity contribution < 1.29 is 4.74 Å². The lowest BCUT2D eigenvalue weighted by molar-refractivity contribution is 0.177. The van der Waals surface area contributed by atoms with E-state index < -0.39 is 0 Å². The van der Waals surface area contributed by atoms with Crippen molar-refractivity contribution in [1.82, 2.24) is 15.3 Å². The zero-order valence-corrected chi connectivity index (χ0v) is 9.07. The van der Waals surface area contributed by atoms with Crippen molar-refractivity contribution in [1.29, 1.82) is 0 Å². The third-order valence-electron chi connectivity index (χ3n) is 2.72. The van der Waals surface area contributed by atoms with Crippen LogP contribution < -0.4 is 5.32 Å². The Balaban J connectivity index is 2.09. The third kappa shape index (κ3) is 2.73. The molecule has 0 saturated carbocycles. The molecule has 1 unspecified atom stereocenters. The average Bonchev–Trinajstić information content (AvgIpc) is 2.31. The second-order valence-corrected chi connectivity index (χ2v) is 3.87. The molecule has 1 aliphatic heterocycles. The molecule has 0 bridgehead atoms. The highest BCUT2D eigenvalue weighted by Gasteiger charge is 2.16. The van der Waals surface area contributed by atoms with Crippen LogP contribution in [0.25, 0.3) is 0 Å². The summed E-state index contributed by atoms with van der Waals surface area (Å²) < 4.78 is 5.03. The van der Waals surface area contributed by atoms with Gasteiger partial charge in [-0.1, -0.05) is 0 Å². The smallest absolute Gasteiger partial charge is 0.154 e. The second-order valence-electron chi connectivity index (χ2n) is 3.87. The quantitative estimate of drug-likeness (QED) is 0.806. The molecule has 15 heavy (non-hydrogen) atoms. The topological polar surface area (TPSA) is 47.0 Å². The molecule has 82 valence electrons. The summed E-state index contributed by atoms with van der Waals surface area (Å²) in [5, 5.41) is 3.39. The summed E-state index contributed by atoms with van der Waals surface area (Å²) in [6.45, 7) is 2.66. The molecule has 4 nitrogen and oxygen atoms in total. The number of aromatic nitrogens is 2. The summed E-state index contributed by atoms with van der Waals surface area (Å²) in [7, 11) is 1.66. The minimum Gasteiger partial charge on any atom is -0.377 e. The zero-order chi connectivity index (χ0) is 10.5. The second kappa shape index (κ2) is 5.19. The van der Waals surface area contributed by atoms with E-state index in [0.717, 1.165) is 24.6 Å². The van der Waals surface area contributed by atoms with Crippen molar-refractivity contribution in [3.8, 4) is 0 Å². The maximum atomic E-state index is 5.03. The number of nitrogens with one attached hydrogen (secondary N) is 1. The Bertz CT molecular complexity index is 310. The van der Waals surface area contributed by atoms with Crippen LogP contribution >= 0.6 is 0 Å². The lowest BCUT2D eigenvalue weighted by Gasteiger charge is -2.22. The maximum absolute atomic E-state index is 5.03. The number of methoxy groups -OCH3 is 1. The molecule has 1 aliphatic rings. The highest BCUT2D eigenvalue weighted by molar-refractivity contribution is 5.09. The van der Waals surface area contributed by atoms with Crippen LogP contribution in [0.2, 0.25) is 0 Å². The fourth-order valence-corrected chi connectivity index (χ4v) is 1.95. The van der Waals surface area contributed by atoms with Gasteiger partial charge in [-0.25, -0.2) is 9.97 Å². The van der Waals surface area contributed by atoms with Crippen LogP contribution in [0.1, 0.15) is 30.3 Å². The molecule has 1 saturated heterocycles. The lowest BCUT2D eigenvalue weighted by Crippen LogP contribution is -2.29. The average molecular weight is 207 g/mol. The molecule has 0 amide bonds. The molecule has 2 rings (SSSR count). The summed E-state index contributed by atoms with van der Waals surface area (Å²) >= 11 is 0. The van der Waals surface area contributed by atoms with Crippen LogP contribution in [0.4, 0.5) is 0 Å². The molecule has 0 spiro atoms. The summed E-state index contributed by atoms with van der Waals surface area (Å²) in [4.78, 5) is 8.68. The maximum Gasteiger partial charge on any atom is 0.154 e. The molecule has 1 N–H and O–H groups in total. The van der Waals surface area contributed by atoms with Gasteiger partial charge in [0.15, 0.2) is 5.82 Å². The van der Waals surface area contributed by atoms with Gasteiger partial charge in [-0.2, -0.15) is 0 Å². The summed E-state index contributed by atoms with van der Waals surface area (Å²) in [5.74, 6) is 1.32. The van der Waals surface area contributed by atoms with E-state index in [0.29, 0.717) is 12.5 Å². The molecular formula is C11H17N3O. The Morgan fingerprint density at radius 2 is 2.53 bits per heavy atom. The lowest BCUT2D eigenvalue weighted by atomic mass is 9.96. The molecule has 0 radical (unpaired) electrons. The SMILES string of the molecule is COCc1nccc(C2CCCNC2)n1. The summed E-state index contributed by atoms with van der Waals surface area (Å²) in [5.41, 5.74) is 1.14. The van der Waals surface area contributed by atoms with E-state index in [2.05, 4.69) is 15.3 Å². The third-order valence-corrected chi connectivity index (χ3v) is 2.72. The standard InChI is InChI=1S/C11H17N3O/c1-15-8-11-13-6-4-10(14-11)9-3-2-5-12-7-9/h4,6,9,12H,2-3,5,7-8H2,1H3. The first-order valence-corrected chi connectivity index (χ1v) is 5.41. The highest BCUT2D eigenvalue weighted by Crippen LogP contribution is 2.20. The Labute approximate surface area is 90.1 Å². The predicted octanol–water partition coefficient (Wildman–Crippen LogP) is 1.09. The molecule has 2 heterocycles. The number of nitrogens with zero attached hydrogens (tertiary/aromatic N) is 2. The van der Waals surface area contributed by atoms with E-state index in [1.807, 2.05) is 12.3 Å². The first-order chi connectivity index (χ1) is 7.40. The Morgan fingerprint density at radius 1 is 1.60 bits per heavy atom. The van der Waals surface area contributed by atoms with Gasteiger partial charge in [-0.05, 0) is 25.5 Å². The fraction of sp³-hybridized carbons (Fsp3) is 0.636. The summed E-state index contributed by atoms with van der Waals surface area (Å²) in [6, 6.07) is 2.01. The van der Waals surface area contributed by atoms with Crippen molar-refractivity contribution in [3.05, 3.63) is 23.8 Å². The first-order valence-electron chi connectivity index (χ1n) is 5.41. The first kappa shape index (κ1) is 10.5. The van der Waals surface area contributed by atoms with E-state index in [9.17, 15) is 0 Å². The van der Waals surface area contributed by atoms with Gasteiger partial charge in [0.05, 0.1) is 0 Å². The molecule has 1 aromatic rings. The zero-order valence-electron chi connectivity index (χ0n) is 9.07. The van der Waals surface area contributed by atoms with E-state index in [1.165, 1.54) is 12.8 Å². The van der Waals surface area contributed by atoms with Crippen LogP contribution in [0.5, 0.6) is 0 Å². The number of hydrogen-bond acceptors (Lipinski definition) is 4. The minimum atomic E-state index is 0.494. The minimum absolute atomic E-state index is 0.494. The van der Waals surface area contributed by atoms with Gasteiger partial charge in [0.2, 0.25) is 0 Å². The van der Waals surface area contributed by atoms with E-state index in [-0.39, 0.29) is 0 Å². The fourth-order valence-electron chi connectivity index (χ4n) is 1.95. The van der Waals surface area contributed by atoms with Gasteiger partial charge in [0.25, 0.3) is 0 Å². The van der Waals surface area contributed by atoms with E-state index in [4.69, 9.17) is 4.74 Å². The molecule has 1 atom stereocenters. The van der Waals surface area contributed by atoms with Gasteiger partial charge >= 0.3 is 0 Å². The summed E-state index contributed by atoms with van der Waals surface area (Å²) in [6.07, 6.45) is 4.27. The Kier molecular flexibility index (Phi) is 3.64. The van der Waals surface area contributed by atoms with E-state index in [1.54, 1.807) is 7.11 Å². The van der Waals surface area contributed by atoms with Crippen molar-refractivity contribution >= 4 is 0 Å². The molecule has 4 heteroatoms. The van der Waals surface area contributed by atoms with Crippen molar-refractivity contribution in [2.24, 2.45) is 0 Å². The van der Waals surface area contributed by atoms with Gasteiger partial charge in [-0.15, -0.1) is 0 Å². The number of ether oxygens (including phenoxy) is 1. The van der Waals surface area contributed by atoms with E-state index >= 15 is 0 Å². The molecule has 0 aliphatic carbocycles. The van der Waals surface area contributed by atoms with Crippen LogP contribution in [-0.4, -0.2) is 30.2 Å². The molecular weight excluding hydrogens is 190 g/mol. The van der Waals surface area contributed by atoms with Gasteiger partial charge < -0.3 is 10.1 Å². The van der Waals surface area contributed by atoms with Crippen LogP contribution in [0, 0.1) is 0 Å². The van der Waals surface area contributed by atoms with Crippen LogP contribution in [0.15, 0.2) is 12.3 Å². The predicted molar refractivity (Wildman–Crippen MR) is 57.6 cm³/mol. The van der Waals surface area contributed by atoms with Crippen LogP contribution in [-0.2, 0) is 11.3 Å². The highest BCUT2D eigenvalue weighted by atomic mass is 16.5. The molecule has 1 fully saturated rings. The van der Waals surface area contributed by atoms with Gasteiger partial charge in [-0.3, -0.25) is 0 Å². The van der Waals surface area contributed by atoms with Gasteiger partial charge in [0, 0.05) is 31.5 Å². The Hall–Kier alpha value is -1.00. The largest absolute Gasteiger partial charge is 0.377 e. The monoisotopic (exact) mass is 207 g/mol. The number of rotatable bonds is 3. The van der Waals surface area contributed by atoms with Crippen molar-refractivity contribution in [2.45, 2.75) is 25.4 Å². The Morgan fingerprint density at radius 3 is 3.27 bits per heavy atom. The van der Waals surface area contributed by atoms with Crippen molar-refractivity contribution in [3.63, 3.8) is 0 Å². The number of piperidine rings is 1. The normalized spacial score (nSPS) is 21.5.